The number of carbonyl (C=O) groups is 6. The number of aliphatic hydroxyl groups is 2. The molecular weight excluding hydrogens is 510 g/mol. The van der Waals surface area contributed by atoms with E-state index in [0.717, 1.165) is 0 Å². The van der Waals surface area contributed by atoms with Crippen molar-refractivity contribution >= 4 is 46.4 Å². The number of phenols is 1. The third kappa shape index (κ3) is 3.74. The number of nitrogens with one attached hydrogen (secondary N) is 2. The lowest BCUT2D eigenvalue weighted by Gasteiger charge is -2.52. The summed E-state index contributed by atoms with van der Waals surface area (Å²) in [6, 6.07) is 10.5. The van der Waals surface area contributed by atoms with Crippen LogP contribution in [-0.4, -0.2) is 62.1 Å². The average Bonchev–Trinajstić information content (AvgIpc) is 2.88. The van der Waals surface area contributed by atoms with Crippen molar-refractivity contribution in [3.05, 3.63) is 53.6 Å². The van der Waals surface area contributed by atoms with Gasteiger partial charge in [0.15, 0.2) is 34.7 Å². The lowest BCUT2D eigenvalue weighted by Crippen LogP contribution is -2.72. The molecule has 12 heteroatoms. The number of anilines is 2. The van der Waals surface area contributed by atoms with Crippen LogP contribution in [0.15, 0.2) is 42.5 Å². The summed E-state index contributed by atoms with van der Waals surface area (Å²) in [4.78, 5) is 77.2. The summed E-state index contributed by atoms with van der Waals surface area (Å²) >= 11 is 0. The lowest BCUT2D eigenvalue weighted by molar-refractivity contribution is -0.189. The van der Waals surface area contributed by atoms with E-state index in [1.54, 1.807) is 37.3 Å². The molecule has 2 unspecified atom stereocenters. The highest BCUT2D eigenvalue weighted by atomic mass is 16.3. The molecule has 2 aromatic carbocycles. The number of nitrogens with two attached hydrogens (primary N) is 1. The number of carbonyl (C=O) groups excluding carboxylic acids is 6. The number of rotatable bonds is 3. The number of aromatic hydroxyl groups is 1. The Labute approximate surface area is 221 Å². The van der Waals surface area contributed by atoms with E-state index in [4.69, 9.17) is 5.73 Å². The number of ketones is 4. The number of phenolic OH excluding ortho intramolecular Hbond substituents is 1. The normalized spacial score (nSPS) is 31.6. The average molecular weight is 536 g/mol. The third-order valence-electron chi connectivity index (χ3n) is 8.14. The lowest BCUT2D eigenvalue weighted by atomic mass is 9.50. The fraction of sp³-hybridized carbons (Fsp3) is 0.333. The van der Waals surface area contributed by atoms with Crippen LogP contribution in [0.5, 0.6) is 5.75 Å². The number of hydrogen-bond acceptors (Lipinski definition) is 9. The van der Waals surface area contributed by atoms with Crippen molar-refractivity contribution in [2.75, 3.05) is 10.6 Å². The standard InChI is InChI=1S/C27H25N3O9/c1-10-12-7-8-14(30-26(38)29-11-5-3-2-4-6-11)21(33)17(12)22(34)19-16(10)20(32)13-9-15(31)18(25(28)37)23(35)27(13,39)24(19)36/h2-8,10,13,16,18-20,32-33,39H,9H2,1H3,(H2,28,37)(H2,29,30,38)/t10-,13+,16+,18?,19?,20+,27+/m0/s1. The van der Waals surface area contributed by atoms with E-state index in [1.165, 1.54) is 12.1 Å². The van der Waals surface area contributed by atoms with Crippen LogP contribution in [0, 0.1) is 23.7 Å². The van der Waals surface area contributed by atoms with Crippen LogP contribution >= 0.6 is 0 Å². The number of primary amides is 1. The molecule has 0 aliphatic heterocycles. The Morgan fingerprint density at radius 1 is 1.00 bits per heavy atom. The molecule has 2 aromatic rings. The zero-order chi connectivity index (χ0) is 28.4. The highest BCUT2D eigenvalue weighted by Gasteiger charge is 2.69. The largest absolute Gasteiger partial charge is 0.505 e. The Morgan fingerprint density at radius 3 is 2.31 bits per heavy atom. The first kappa shape index (κ1) is 26.2. The molecule has 2 fully saturated rings. The van der Waals surface area contributed by atoms with Crippen molar-refractivity contribution in [2.24, 2.45) is 29.4 Å². The molecule has 0 spiro atoms. The second kappa shape index (κ2) is 9.10. The van der Waals surface area contributed by atoms with E-state index in [2.05, 4.69) is 10.6 Å². The molecule has 0 radical (unpaired) electrons. The van der Waals surface area contributed by atoms with Gasteiger partial charge in [0.25, 0.3) is 0 Å². The molecular formula is C27H25N3O9. The molecule has 0 heterocycles. The van der Waals surface area contributed by atoms with Crippen LogP contribution in [-0.2, 0) is 19.2 Å². The predicted molar refractivity (Wildman–Crippen MR) is 134 cm³/mol. The van der Waals surface area contributed by atoms with Gasteiger partial charge in [-0.25, -0.2) is 4.79 Å². The Morgan fingerprint density at radius 2 is 1.67 bits per heavy atom. The summed E-state index contributed by atoms with van der Waals surface area (Å²) < 4.78 is 0. The van der Waals surface area contributed by atoms with Crippen molar-refractivity contribution < 1.29 is 44.1 Å². The Kier molecular flexibility index (Phi) is 6.11. The van der Waals surface area contributed by atoms with Crippen LogP contribution < -0.4 is 16.4 Å². The quantitative estimate of drug-likeness (QED) is 0.238. The van der Waals surface area contributed by atoms with Crippen molar-refractivity contribution in [1.29, 1.82) is 0 Å². The number of urea groups is 1. The summed E-state index contributed by atoms with van der Waals surface area (Å²) in [6.07, 6.45) is -2.31. The van der Waals surface area contributed by atoms with Gasteiger partial charge < -0.3 is 31.7 Å². The fourth-order valence-corrected chi connectivity index (χ4v) is 6.26. The minimum Gasteiger partial charge on any atom is -0.505 e. The van der Waals surface area contributed by atoms with E-state index in [9.17, 15) is 44.1 Å². The number of benzene rings is 2. The minimum atomic E-state index is -3.00. The van der Waals surface area contributed by atoms with Gasteiger partial charge in [-0.05, 0) is 29.7 Å². The van der Waals surface area contributed by atoms with Crippen molar-refractivity contribution in [1.82, 2.24) is 0 Å². The molecule has 0 saturated heterocycles. The van der Waals surface area contributed by atoms with Gasteiger partial charge in [0.2, 0.25) is 5.91 Å². The molecule has 5 rings (SSSR count). The smallest absolute Gasteiger partial charge is 0.323 e. The van der Waals surface area contributed by atoms with Gasteiger partial charge >= 0.3 is 6.03 Å². The first-order valence-electron chi connectivity index (χ1n) is 12.2. The first-order chi connectivity index (χ1) is 18.4. The Balaban J connectivity index is 1.53. The SMILES string of the molecule is C[C@H]1c2ccc(NC(=O)Nc3ccccc3)c(O)c2C(=O)C2C(=O)[C@]3(O)C(=O)C(C(N)=O)C(=O)C[C@@H]3[C@@H](O)[C@@H]21. The molecule has 7 atom stereocenters. The van der Waals surface area contributed by atoms with Gasteiger partial charge in [-0.15, -0.1) is 0 Å². The Bertz CT molecular complexity index is 1460. The summed E-state index contributed by atoms with van der Waals surface area (Å²) in [7, 11) is 0. The third-order valence-corrected chi connectivity index (χ3v) is 8.14. The van der Waals surface area contributed by atoms with Crippen molar-refractivity contribution in [3.63, 3.8) is 0 Å². The van der Waals surface area contributed by atoms with Gasteiger partial charge in [0.1, 0.15) is 5.75 Å². The number of para-hydroxylation sites is 1. The zero-order valence-corrected chi connectivity index (χ0v) is 20.6. The Hall–Kier alpha value is -4.42. The maximum absolute atomic E-state index is 13.7. The van der Waals surface area contributed by atoms with Crippen molar-refractivity contribution in [3.8, 4) is 5.75 Å². The van der Waals surface area contributed by atoms with Crippen LogP contribution in [0.1, 0.15) is 35.2 Å². The number of Topliss-reactive ketones (excluding diaryl/α,β-unsaturated/α-hetero) is 4. The van der Waals surface area contributed by atoms with E-state index in [1.807, 2.05) is 0 Å². The highest BCUT2D eigenvalue weighted by molar-refractivity contribution is 6.31. The second-order valence-electron chi connectivity index (χ2n) is 10.2. The maximum Gasteiger partial charge on any atom is 0.323 e. The van der Waals surface area contributed by atoms with Gasteiger partial charge in [-0.2, -0.15) is 0 Å². The topological polar surface area (TPSA) is 213 Å². The van der Waals surface area contributed by atoms with E-state index < -0.39 is 88.5 Å². The van der Waals surface area contributed by atoms with Gasteiger partial charge in [0, 0.05) is 23.9 Å². The molecule has 202 valence electrons. The summed E-state index contributed by atoms with van der Waals surface area (Å²) in [6.45, 7) is 1.59. The molecule has 3 amide bonds. The van der Waals surface area contributed by atoms with E-state index >= 15 is 0 Å². The van der Waals surface area contributed by atoms with Crippen LogP contribution in [0.2, 0.25) is 0 Å². The second-order valence-corrected chi connectivity index (χ2v) is 10.2. The molecule has 0 aromatic heterocycles. The minimum absolute atomic E-state index is 0.144. The van der Waals surface area contributed by atoms with Crippen LogP contribution in [0.3, 0.4) is 0 Å². The maximum atomic E-state index is 13.7. The van der Waals surface area contributed by atoms with Crippen LogP contribution in [0.4, 0.5) is 16.2 Å². The molecule has 39 heavy (non-hydrogen) atoms. The monoisotopic (exact) mass is 535 g/mol. The molecule has 12 nitrogen and oxygen atoms in total. The predicted octanol–water partition coefficient (Wildman–Crippen LogP) is 0.503. The van der Waals surface area contributed by atoms with Gasteiger partial charge in [-0.3, -0.25) is 24.0 Å². The molecule has 3 aliphatic carbocycles. The molecule has 2 saturated carbocycles. The van der Waals surface area contributed by atoms with E-state index in [0.29, 0.717) is 5.69 Å². The summed E-state index contributed by atoms with van der Waals surface area (Å²) in [5, 5.41) is 38.5. The van der Waals surface area contributed by atoms with Gasteiger partial charge in [0.05, 0.1) is 23.3 Å². The zero-order valence-electron chi connectivity index (χ0n) is 20.6. The number of fused-ring (bicyclic) bond motifs is 3. The number of amides is 3. The van der Waals surface area contributed by atoms with E-state index in [-0.39, 0.29) is 16.8 Å². The summed E-state index contributed by atoms with van der Waals surface area (Å²) in [5.41, 5.74) is 2.46. The highest BCUT2D eigenvalue weighted by Crippen LogP contribution is 2.54. The van der Waals surface area contributed by atoms with Crippen LogP contribution in [0.25, 0.3) is 0 Å². The number of aliphatic hydroxyl groups excluding tert-OH is 1. The van der Waals surface area contributed by atoms with Gasteiger partial charge in [-0.1, -0.05) is 31.2 Å². The fourth-order valence-electron chi connectivity index (χ4n) is 6.26. The van der Waals surface area contributed by atoms with Crippen molar-refractivity contribution in [2.45, 2.75) is 31.0 Å². The molecule has 0 bridgehead atoms. The molecule has 7 N–H and O–H groups in total. The first-order valence-corrected chi connectivity index (χ1v) is 12.2. The number of hydrogen-bond donors (Lipinski definition) is 6. The molecule has 3 aliphatic rings. The summed E-state index contributed by atoms with van der Waals surface area (Å²) in [5.74, 6) is -13.9.